The van der Waals surface area contributed by atoms with Gasteiger partial charge in [0.1, 0.15) is 5.82 Å². The Morgan fingerprint density at radius 3 is 2.72 bits per heavy atom. The molecule has 0 atom stereocenters. The van der Waals surface area contributed by atoms with Crippen molar-refractivity contribution in [3.63, 3.8) is 0 Å². The maximum atomic E-state index is 13.3. The predicted octanol–water partition coefficient (Wildman–Crippen LogP) is 4.12. The fraction of sp³-hybridized carbons (Fsp3) is 0.190. The van der Waals surface area contributed by atoms with Crippen molar-refractivity contribution in [1.29, 1.82) is 0 Å². The lowest BCUT2D eigenvalue weighted by Crippen LogP contribution is -2.35. The van der Waals surface area contributed by atoms with E-state index in [1.807, 2.05) is 0 Å². The first-order valence-corrected chi connectivity index (χ1v) is 10.6. The first-order valence-electron chi connectivity index (χ1n) is 9.12. The van der Waals surface area contributed by atoms with E-state index < -0.39 is 15.8 Å². The smallest absolute Gasteiger partial charge is 0.293 e. The number of rotatable bonds is 4. The van der Waals surface area contributed by atoms with Crippen LogP contribution in [-0.2, 0) is 16.4 Å². The second-order valence-electron chi connectivity index (χ2n) is 6.90. The molecule has 3 aromatic rings. The summed E-state index contributed by atoms with van der Waals surface area (Å²) < 4.78 is 46.5. The topological polar surface area (TPSA) is 79.6 Å². The van der Waals surface area contributed by atoms with Gasteiger partial charge in [0.25, 0.3) is 15.9 Å². The van der Waals surface area contributed by atoms with Crippen molar-refractivity contribution in [2.24, 2.45) is 0 Å². The number of benzene rings is 2. The van der Waals surface area contributed by atoms with Gasteiger partial charge in [-0.2, -0.15) is 0 Å². The molecule has 1 N–H and O–H groups in total. The van der Waals surface area contributed by atoms with Gasteiger partial charge in [0.05, 0.1) is 11.2 Å². The van der Waals surface area contributed by atoms with Crippen LogP contribution in [-0.4, -0.2) is 20.9 Å². The van der Waals surface area contributed by atoms with Crippen LogP contribution < -0.4 is 9.62 Å². The molecule has 0 saturated heterocycles. The summed E-state index contributed by atoms with van der Waals surface area (Å²) >= 11 is 0. The largest absolute Gasteiger partial charge is 0.459 e. The molecule has 0 radical (unpaired) electrons. The minimum Gasteiger partial charge on any atom is -0.459 e. The number of amides is 1. The van der Waals surface area contributed by atoms with Gasteiger partial charge >= 0.3 is 0 Å². The monoisotopic (exact) mass is 414 g/mol. The molecule has 1 aromatic heterocycles. The first-order chi connectivity index (χ1) is 13.8. The van der Waals surface area contributed by atoms with Crippen molar-refractivity contribution >= 4 is 27.3 Å². The van der Waals surface area contributed by atoms with Gasteiger partial charge < -0.3 is 9.32 Å². The molecule has 6 nitrogen and oxygen atoms in total. The highest BCUT2D eigenvalue weighted by atomic mass is 32.2. The number of halogens is 1. The Morgan fingerprint density at radius 2 is 2.00 bits per heavy atom. The van der Waals surface area contributed by atoms with E-state index in [4.69, 9.17) is 4.42 Å². The Bertz CT molecular complexity index is 1170. The molecule has 0 unspecified atom stereocenters. The molecule has 0 saturated carbocycles. The SMILES string of the molecule is Cc1cc(F)ccc1S(=O)(=O)Nc1ccc2c(c1)CCCN2C(=O)c1ccco1. The fourth-order valence-electron chi connectivity index (χ4n) is 3.53. The predicted molar refractivity (Wildman–Crippen MR) is 107 cm³/mol. The van der Waals surface area contributed by atoms with E-state index in [-0.39, 0.29) is 16.6 Å². The van der Waals surface area contributed by atoms with Crippen molar-refractivity contribution in [1.82, 2.24) is 0 Å². The van der Waals surface area contributed by atoms with Crippen LogP contribution in [0.25, 0.3) is 0 Å². The van der Waals surface area contributed by atoms with Crippen LogP contribution in [0.15, 0.2) is 64.1 Å². The van der Waals surface area contributed by atoms with Crippen LogP contribution in [0.5, 0.6) is 0 Å². The van der Waals surface area contributed by atoms with E-state index in [9.17, 15) is 17.6 Å². The number of nitrogens with one attached hydrogen (secondary N) is 1. The van der Waals surface area contributed by atoms with Crippen LogP contribution in [0.4, 0.5) is 15.8 Å². The van der Waals surface area contributed by atoms with Gasteiger partial charge in [-0.3, -0.25) is 9.52 Å². The third kappa shape index (κ3) is 3.75. The van der Waals surface area contributed by atoms with Crippen molar-refractivity contribution < 1.29 is 22.0 Å². The molecule has 8 heteroatoms. The Balaban J connectivity index is 1.62. The normalized spacial score (nSPS) is 13.8. The number of nitrogens with zero attached hydrogens (tertiary/aromatic N) is 1. The highest BCUT2D eigenvalue weighted by molar-refractivity contribution is 7.92. The van der Waals surface area contributed by atoms with Crippen LogP contribution >= 0.6 is 0 Å². The van der Waals surface area contributed by atoms with Crippen molar-refractivity contribution in [2.75, 3.05) is 16.2 Å². The van der Waals surface area contributed by atoms with Gasteiger partial charge in [-0.25, -0.2) is 12.8 Å². The number of hydrogen-bond donors (Lipinski definition) is 1. The Labute approximate surface area is 168 Å². The Morgan fingerprint density at radius 1 is 1.17 bits per heavy atom. The van der Waals surface area contributed by atoms with Crippen molar-refractivity contribution in [2.45, 2.75) is 24.7 Å². The summed E-state index contributed by atoms with van der Waals surface area (Å²) in [6.07, 6.45) is 2.93. The van der Waals surface area contributed by atoms with E-state index >= 15 is 0 Å². The summed E-state index contributed by atoms with van der Waals surface area (Å²) in [7, 11) is -3.86. The van der Waals surface area contributed by atoms with Crippen molar-refractivity contribution in [3.8, 4) is 0 Å². The summed E-state index contributed by atoms with van der Waals surface area (Å²) in [5.74, 6) is -0.461. The number of carbonyl (C=O) groups is 1. The van der Waals surface area contributed by atoms with Gasteiger partial charge in [0.2, 0.25) is 0 Å². The molecule has 2 aromatic carbocycles. The molecule has 2 heterocycles. The van der Waals surface area contributed by atoms with Gasteiger partial charge in [0.15, 0.2) is 5.76 Å². The number of sulfonamides is 1. The lowest BCUT2D eigenvalue weighted by atomic mass is 10.0. The molecule has 0 spiro atoms. The molecule has 29 heavy (non-hydrogen) atoms. The summed E-state index contributed by atoms with van der Waals surface area (Å²) in [6.45, 7) is 2.11. The van der Waals surface area contributed by atoms with Gasteiger partial charge in [-0.15, -0.1) is 0 Å². The van der Waals surface area contributed by atoms with Crippen LogP contribution in [0.1, 0.15) is 28.1 Å². The van der Waals surface area contributed by atoms with Gasteiger partial charge in [-0.05, 0) is 79.4 Å². The average molecular weight is 414 g/mol. The minimum absolute atomic E-state index is 0.0197. The highest BCUT2D eigenvalue weighted by Gasteiger charge is 2.26. The number of hydrogen-bond acceptors (Lipinski definition) is 4. The van der Waals surface area contributed by atoms with E-state index in [1.54, 1.807) is 42.2 Å². The molecule has 0 bridgehead atoms. The minimum atomic E-state index is -3.86. The van der Waals surface area contributed by atoms with Crippen molar-refractivity contribution in [3.05, 3.63) is 77.5 Å². The second kappa shape index (κ2) is 7.36. The number of anilines is 2. The Kier molecular flexibility index (Phi) is 4.87. The first kappa shape index (κ1) is 19.2. The van der Waals surface area contributed by atoms with Crippen LogP contribution in [0.2, 0.25) is 0 Å². The van der Waals surface area contributed by atoms with Crippen LogP contribution in [0, 0.1) is 12.7 Å². The fourth-order valence-corrected chi connectivity index (χ4v) is 4.81. The lowest BCUT2D eigenvalue weighted by molar-refractivity contribution is 0.0958. The zero-order valence-corrected chi connectivity index (χ0v) is 16.5. The molecule has 0 fully saturated rings. The van der Waals surface area contributed by atoms with Gasteiger partial charge in [-0.1, -0.05) is 0 Å². The zero-order chi connectivity index (χ0) is 20.6. The average Bonchev–Trinajstić information content (AvgIpc) is 3.21. The second-order valence-corrected chi connectivity index (χ2v) is 8.55. The van der Waals surface area contributed by atoms with E-state index in [0.717, 1.165) is 30.2 Å². The molecule has 1 aliphatic rings. The zero-order valence-electron chi connectivity index (χ0n) is 15.7. The molecule has 0 aliphatic carbocycles. The Hall–Kier alpha value is -3.13. The van der Waals surface area contributed by atoms with E-state index in [0.29, 0.717) is 17.8 Å². The molecule has 1 amide bonds. The molecule has 4 rings (SSSR count). The quantitative estimate of drug-likeness (QED) is 0.696. The van der Waals surface area contributed by atoms with E-state index in [1.165, 1.54) is 18.4 Å². The third-order valence-electron chi connectivity index (χ3n) is 4.85. The number of carbonyl (C=O) groups excluding carboxylic acids is 1. The number of aryl methyl sites for hydroxylation is 2. The summed E-state index contributed by atoms with van der Waals surface area (Å²) in [4.78, 5) is 14.3. The standard InChI is InChI=1S/C21H19FN2O4S/c1-14-12-16(22)6-9-20(14)29(26,27)23-17-7-8-18-15(13-17)4-2-10-24(18)21(25)19-5-3-11-28-19/h3,5-9,11-13,23H,2,4,10H2,1H3. The molecule has 1 aliphatic heterocycles. The van der Waals surface area contributed by atoms with Gasteiger partial charge in [0, 0.05) is 17.9 Å². The molecular weight excluding hydrogens is 395 g/mol. The highest BCUT2D eigenvalue weighted by Crippen LogP contribution is 2.32. The summed E-state index contributed by atoms with van der Waals surface area (Å²) in [5, 5.41) is 0. The molecule has 150 valence electrons. The maximum Gasteiger partial charge on any atom is 0.293 e. The van der Waals surface area contributed by atoms with E-state index in [2.05, 4.69) is 4.72 Å². The lowest BCUT2D eigenvalue weighted by Gasteiger charge is -2.29. The number of fused-ring (bicyclic) bond motifs is 1. The number of furan rings is 1. The summed E-state index contributed by atoms with van der Waals surface area (Å²) in [5.41, 5.74) is 2.32. The third-order valence-corrected chi connectivity index (χ3v) is 6.40. The maximum absolute atomic E-state index is 13.3. The molecular formula is C21H19FN2O4S. The summed E-state index contributed by atoms with van der Waals surface area (Å²) in [6, 6.07) is 11.9. The van der Waals surface area contributed by atoms with Crippen LogP contribution in [0.3, 0.4) is 0 Å².